The number of aliphatic hydroxyl groups is 1. The van der Waals surface area contributed by atoms with Gasteiger partial charge in [0.15, 0.2) is 0 Å². The molecular formula is C33H55N5O12. The number of aliphatic hydroxyl groups excluding tert-OH is 1. The lowest BCUT2D eigenvalue weighted by atomic mass is 10.1. The Balaban J connectivity index is 1.26. The molecule has 2 rings (SSSR count). The van der Waals surface area contributed by atoms with E-state index in [-0.39, 0.29) is 18.2 Å². The number of hydrogen-bond acceptors (Lipinski definition) is 16. The monoisotopic (exact) mass is 713 g/mol. The van der Waals surface area contributed by atoms with Gasteiger partial charge in [-0.3, -0.25) is 4.79 Å². The minimum absolute atomic E-state index is 0.108. The molecular weight excluding hydrogens is 658 g/mol. The number of nitrogens with zero attached hydrogens (tertiary/aromatic N) is 4. The molecule has 0 aliphatic rings. The minimum Gasteiger partial charge on any atom is -0.385 e. The molecule has 1 aromatic heterocycles. The molecule has 0 saturated heterocycles. The number of amides is 1. The largest absolute Gasteiger partial charge is 0.385 e. The lowest BCUT2D eigenvalue weighted by molar-refractivity contribution is -0.122. The first-order valence-corrected chi connectivity index (χ1v) is 16.9. The van der Waals surface area contributed by atoms with Crippen LogP contribution < -0.4 is 5.32 Å². The Labute approximate surface area is 294 Å². The first-order chi connectivity index (χ1) is 24.6. The SMILES string of the molecule is COCCOCCOCCOCCOCCOCCOCCOCCOCCOCCC(=O)NCc1ccc(-c2nnc(C(C)O)nn2)cc1. The van der Waals surface area contributed by atoms with Crippen LogP contribution in [-0.2, 0) is 58.7 Å². The second-order valence-electron chi connectivity index (χ2n) is 10.5. The third-order valence-electron chi connectivity index (χ3n) is 6.45. The number of rotatable bonds is 34. The van der Waals surface area contributed by atoms with Gasteiger partial charge in [0.25, 0.3) is 0 Å². The average Bonchev–Trinajstić information content (AvgIpc) is 3.13. The minimum atomic E-state index is -0.828. The first-order valence-electron chi connectivity index (χ1n) is 16.9. The van der Waals surface area contributed by atoms with Gasteiger partial charge in [0, 0.05) is 25.6 Å². The zero-order chi connectivity index (χ0) is 35.7. The lowest BCUT2D eigenvalue weighted by Crippen LogP contribution is -2.24. The summed E-state index contributed by atoms with van der Waals surface area (Å²) in [7, 11) is 1.64. The number of methoxy groups -OCH3 is 1. The van der Waals surface area contributed by atoms with Crippen LogP contribution in [0.4, 0.5) is 0 Å². The van der Waals surface area contributed by atoms with Crippen molar-refractivity contribution in [2.75, 3.05) is 133 Å². The summed E-state index contributed by atoms with van der Waals surface area (Å²) in [5, 5.41) is 28.0. The van der Waals surface area contributed by atoms with E-state index in [2.05, 4.69) is 25.7 Å². The van der Waals surface area contributed by atoms with Crippen LogP contribution in [0.25, 0.3) is 11.4 Å². The third kappa shape index (κ3) is 23.6. The van der Waals surface area contributed by atoms with Gasteiger partial charge in [-0.2, -0.15) is 0 Å². The zero-order valence-electron chi connectivity index (χ0n) is 29.5. The summed E-state index contributed by atoms with van der Waals surface area (Å²) in [6.07, 6.45) is -0.576. The summed E-state index contributed by atoms with van der Waals surface area (Å²) in [5.41, 5.74) is 1.66. The number of carbonyl (C=O) groups excluding carboxylic acids is 1. The van der Waals surface area contributed by atoms with Crippen molar-refractivity contribution in [3.8, 4) is 11.4 Å². The van der Waals surface area contributed by atoms with Gasteiger partial charge >= 0.3 is 0 Å². The molecule has 0 radical (unpaired) electrons. The summed E-state index contributed by atoms with van der Waals surface area (Å²) >= 11 is 0. The molecule has 1 heterocycles. The highest BCUT2D eigenvalue weighted by Crippen LogP contribution is 2.15. The van der Waals surface area contributed by atoms with Crippen LogP contribution in [0.2, 0.25) is 0 Å². The third-order valence-corrected chi connectivity index (χ3v) is 6.45. The molecule has 50 heavy (non-hydrogen) atoms. The molecule has 0 spiro atoms. The Morgan fingerprint density at radius 1 is 0.580 bits per heavy atom. The summed E-state index contributed by atoms with van der Waals surface area (Å²) in [6.45, 7) is 11.2. The summed E-state index contributed by atoms with van der Waals surface area (Å²) < 4.78 is 53.9. The van der Waals surface area contributed by atoms with E-state index in [1.54, 1.807) is 14.0 Å². The molecule has 0 aliphatic heterocycles. The molecule has 0 fully saturated rings. The van der Waals surface area contributed by atoms with E-state index < -0.39 is 6.10 Å². The van der Waals surface area contributed by atoms with Crippen molar-refractivity contribution >= 4 is 5.91 Å². The second-order valence-corrected chi connectivity index (χ2v) is 10.5. The van der Waals surface area contributed by atoms with E-state index >= 15 is 0 Å². The van der Waals surface area contributed by atoms with E-state index in [1.165, 1.54) is 0 Å². The molecule has 1 atom stereocenters. The van der Waals surface area contributed by atoms with Crippen molar-refractivity contribution in [2.45, 2.75) is 26.0 Å². The van der Waals surface area contributed by atoms with Gasteiger partial charge in [0.2, 0.25) is 17.6 Å². The molecule has 17 nitrogen and oxygen atoms in total. The molecule has 17 heteroatoms. The maximum Gasteiger partial charge on any atom is 0.222 e. The topological polar surface area (TPSA) is 193 Å². The van der Waals surface area contributed by atoms with Crippen LogP contribution in [0.5, 0.6) is 0 Å². The number of hydrogen-bond donors (Lipinski definition) is 2. The Morgan fingerprint density at radius 2 is 0.940 bits per heavy atom. The number of nitrogens with one attached hydrogen (secondary N) is 1. The number of carbonyl (C=O) groups is 1. The number of aromatic nitrogens is 4. The molecule has 2 aromatic rings. The van der Waals surface area contributed by atoms with Crippen molar-refractivity contribution < 1.29 is 57.3 Å². The fraction of sp³-hybridized carbons (Fsp3) is 0.727. The Kier molecular flexibility index (Phi) is 26.9. The molecule has 0 aliphatic carbocycles. The van der Waals surface area contributed by atoms with Crippen LogP contribution >= 0.6 is 0 Å². The van der Waals surface area contributed by atoms with Crippen molar-refractivity contribution in [1.29, 1.82) is 0 Å². The van der Waals surface area contributed by atoms with Crippen LogP contribution in [0.3, 0.4) is 0 Å². The summed E-state index contributed by atoms with van der Waals surface area (Å²) in [6, 6.07) is 7.38. The average molecular weight is 714 g/mol. The quantitative estimate of drug-likeness (QED) is 0.0966. The predicted molar refractivity (Wildman–Crippen MR) is 179 cm³/mol. The number of ether oxygens (including phenoxy) is 10. The molecule has 1 aromatic carbocycles. The highest BCUT2D eigenvalue weighted by Gasteiger charge is 2.09. The smallest absolute Gasteiger partial charge is 0.222 e. The maximum absolute atomic E-state index is 12.1. The molecule has 0 saturated carbocycles. The van der Waals surface area contributed by atoms with E-state index in [4.69, 9.17) is 47.4 Å². The molecule has 2 N–H and O–H groups in total. The molecule has 0 bridgehead atoms. The fourth-order valence-electron chi connectivity index (χ4n) is 3.75. The molecule has 284 valence electrons. The summed E-state index contributed by atoms with van der Waals surface area (Å²) in [4.78, 5) is 12.1. The van der Waals surface area contributed by atoms with Crippen molar-refractivity contribution in [1.82, 2.24) is 25.7 Å². The van der Waals surface area contributed by atoms with Gasteiger partial charge in [-0.05, 0) is 12.5 Å². The normalized spacial score (nSPS) is 12.0. The molecule has 1 unspecified atom stereocenters. The fourth-order valence-corrected chi connectivity index (χ4v) is 3.75. The van der Waals surface area contributed by atoms with Crippen molar-refractivity contribution in [3.63, 3.8) is 0 Å². The van der Waals surface area contributed by atoms with Gasteiger partial charge in [-0.1, -0.05) is 24.3 Å². The van der Waals surface area contributed by atoms with E-state index in [1.807, 2.05) is 24.3 Å². The Hall–Kier alpha value is -2.81. The second kappa shape index (κ2) is 31.0. The van der Waals surface area contributed by atoms with E-state index in [9.17, 15) is 9.90 Å². The van der Waals surface area contributed by atoms with Crippen LogP contribution in [0.1, 0.15) is 30.8 Å². The first kappa shape index (κ1) is 43.4. The standard InChI is InChI=1S/C33H55N5O12/c1-28(39)32-35-37-33(38-36-32)30-5-3-29(4-6-30)27-34-31(40)7-8-42-11-12-44-15-16-46-19-20-48-23-24-50-26-25-49-22-21-47-18-17-45-14-13-43-10-9-41-2/h3-6,28,39H,7-27H2,1-2H3,(H,34,40). The maximum atomic E-state index is 12.1. The summed E-state index contributed by atoms with van der Waals surface area (Å²) in [5.74, 6) is 0.414. The van der Waals surface area contributed by atoms with Gasteiger partial charge < -0.3 is 57.8 Å². The van der Waals surface area contributed by atoms with Gasteiger partial charge in [0.05, 0.1) is 126 Å². The van der Waals surface area contributed by atoms with Gasteiger partial charge in [0.1, 0.15) is 6.10 Å². The highest BCUT2D eigenvalue weighted by atomic mass is 16.6. The number of benzene rings is 1. The van der Waals surface area contributed by atoms with Crippen LogP contribution in [0, 0.1) is 0 Å². The van der Waals surface area contributed by atoms with Gasteiger partial charge in [-0.25, -0.2) is 0 Å². The van der Waals surface area contributed by atoms with Crippen molar-refractivity contribution in [2.24, 2.45) is 0 Å². The van der Waals surface area contributed by atoms with E-state index in [0.717, 1.165) is 11.1 Å². The molecule has 1 amide bonds. The highest BCUT2D eigenvalue weighted by molar-refractivity contribution is 5.76. The zero-order valence-corrected chi connectivity index (χ0v) is 29.5. The lowest BCUT2D eigenvalue weighted by Gasteiger charge is -2.09. The van der Waals surface area contributed by atoms with E-state index in [0.29, 0.717) is 138 Å². The Morgan fingerprint density at radius 3 is 1.30 bits per heavy atom. The van der Waals surface area contributed by atoms with Crippen molar-refractivity contribution in [3.05, 3.63) is 35.7 Å². The Bertz CT molecular complexity index is 1070. The van der Waals surface area contributed by atoms with Crippen LogP contribution in [0.15, 0.2) is 24.3 Å². The van der Waals surface area contributed by atoms with Gasteiger partial charge in [-0.15, -0.1) is 20.4 Å². The predicted octanol–water partition coefficient (Wildman–Crippen LogP) is 0.789. The van der Waals surface area contributed by atoms with Crippen LogP contribution in [-0.4, -0.2) is 164 Å².